The van der Waals surface area contributed by atoms with Crippen LogP contribution in [0.2, 0.25) is 0 Å². The van der Waals surface area contributed by atoms with Crippen LogP contribution in [0.1, 0.15) is 24.0 Å². The molecule has 1 heterocycles. The van der Waals surface area contributed by atoms with Crippen LogP contribution < -0.4 is 5.32 Å². The second kappa shape index (κ2) is 9.23. The first-order chi connectivity index (χ1) is 13.3. The number of carboxylic acid groups (broad SMARTS) is 1. The molecule has 10 nitrogen and oxygen atoms in total. The molecule has 4 N–H and O–H groups in total. The van der Waals surface area contributed by atoms with Gasteiger partial charge in [0.1, 0.15) is 12.1 Å². The van der Waals surface area contributed by atoms with Crippen molar-refractivity contribution < 1.29 is 29.4 Å². The summed E-state index contributed by atoms with van der Waals surface area (Å²) in [5.41, 5.74) is 10.0. The molecule has 0 aliphatic heterocycles. The zero-order valence-electron chi connectivity index (χ0n) is 14.6. The highest BCUT2D eigenvalue weighted by atomic mass is 16.4. The second-order valence-corrected chi connectivity index (χ2v) is 6.05. The third kappa shape index (κ3) is 5.11. The van der Waals surface area contributed by atoms with Crippen LogP contribution in [0.25, 0.3) is 16.4 Å². The number of aliphatic hydroxyl groups excluding tert-OH is 1. The van der Waals surface area contributed by atoms with Crippen LogP contribution in [0.5, 0.6) is 0 Å². The summed E-state index contributed by atoms with van der Waals surface area (Å²) in [5.74, 6) is -2.84. The van der Waals surface area contributed by atoms with Crippen molar-refractivity contribution in [3.8, 4) is 6.07 Å². The van der Waals surface area contributed by atoms with E-state index in [9.17, 15) is 24.6 Å². The molecule has 0 unspecified atom stereocenters. The molecular weight excluding hydrogens is 366 g/mol. The smallest absolute Gasteiger partial charge is 0.326 e. The maximum Gasteiger partial charge on any atom is 0.326 e. The summed E-state index contributed by atoms with van der Waals surface area (Å²) in [6, 6.07) is 5.58. The fourth-order valence-electron chi connectivity index (χ4n) is 2.67. The number of amides is 1. The third-order valence-electron chi connectivity index (χ3n) is 4.11. The van der Waals surface area contributed by atoms with Gasteiger partial charge < -0.3 is 26.0 Å². The van der Waals surface area contributed by atoms with Gasteiger partial charge in [-0.2, -0.15) is 10.1 Å². The Bertz CT molecular complexity index is 999. The van der Waals surface area contributed by atoms with Gasteiger partial charge in [-0.05, 0) is 24.1 Å². The molecule has 2 atom stereocenters. The highest BCUT2D eigenvalue weighted by molar-refractivity contribution is 6.25. The predicted octanol–water partition coefficient (Wildman–Crippen LogP) is 0.162. The number of nitriles is 1. The van der Waals surface area contributed by atoms with E-state index in [1.807, 2.05) is 6.07 Å². The van der Waals surface area contributed by atoms with Crippen LogP contribution in [0.3, 0.4) is 0 Å². The highest BCUT2D eigenvalue weighted by Gasteiger charge is 2.25. The van der Waals surface area contributed by atoms with E-state index in [1.165, 1.54) is 0 Å². The number of fused-ring (bicyclic) bond motifs is 1. The van der Waals surface area contributed by atoms with Gasteiger partial charge in [-0.15, -0.1) is 0 Å². The number of aliphatic hydroxyl groups is 1. The number of nitrogens with one attached hydrogen (secondary N) is 2. The van der Waals surface area contributed by atoms with E-state index in [2.05, 4.69) is 15.1 Å². The Morgan fingerprint density at radius 1 is 1.39 bits per heavy atom. The molecule has 144 valence electrons. The molecule has 0 fully saturated rings. The molecular formula is C18H17N5O5. The molecule has 2 aromatic rings. The van der Waals surface area contributed by atoms with Gasteiger partial charge in [0.15, 0.2) is 0 Å². The molecule has 0 saturated heterocycles. The summed E-state index contributed by atoms with van der Waals surface area (Å²) in [7, 11) is 0. The molecule has 0 aliphatic rings. The SMILES string of the molecule is N#Cc1ccc2c(C[C@H](O)C(=O)N[C@@H](CCC(=O)C=[N+]=[N-])C(=O)O)c[nH]c2c1. The number of Topliss-reactive ketones (excluding diaryl/α,β-unsaturated/α-hetero) is 1. The maximum absolute atomic E-state index is 12.2. The lowest BCUT2D eigenvalue weighted by molar-refractivity contribution is -0.143. The molecule has 1 amide bonds. The number of aliphatic carboxylic acids is 1. The molecule has 10 heteroatoms. The first-order valence-electron chi connectivity index (χ1n) is 8.27. The number of carbonyl (C=O) groups excluding carboxylic acids is 2. The van der Waals surface area contributed by atoms with Crippen molar-refractivity contribution in [1.29, 1.82) is 5.26 Å². The van der Waals surface area contributed by atoms with Crippen molar-refractivity contribution in [2.75, 3.05) is 0 Å². The van der Waals surface area contributed by atoms with Crippen LogP contribution in [0.4, 0.5) is 0 Å². The number of carbonyl (C=O) groups is 3. The van der Waals surface area contributed by atoms with Crippen LogP contribution in [0.15, 0.2) is 24.4 Å². The van der Waals surface area contributed by atoms with Crippen LogP contribution in [0, 0.1) is 11.3 Å². The number of carboxylic acids is 1. The lowest BCUT2D eigenvalue weighted by Gasteiger charge is -2.16. The molecule has 28 heavy (non-hydrogen) atoms. The molecule has 1 aromatic heterocycles. The van der Waals surface area contributed by atoms with Crippen LogP contribution in [-0.4, -0.2) is 56.0 Å². The van der Waals surface area contributed by atoms with Crippen LogP contribution in [-0.2, 0) is 20.8 Å². The Labute approximate surface area is 159 Å². The quantitative estimate of drug-likeness (QED) is 0.272. The van der Waals surface area contributed by atoms with Crippen molar-refractivity contribution in [2.24, 2.45) is 0 Å². The summed E-state index contributed by atoms with van der Waals surface area (Å²) < 4.78 is 0. The summed E-state index contributed by atoms with van der Waals surface area (Å²) in [5, 5.41) is 31.2. The van der Waals surface area contributed by atoms with E-state index >= 15 is 0 Å². The lowest BCUT2D eigenvalue weighted by Crippen LogP contribution is -2.46. The normalized spacial score (nSPS) is 12.4. The number of hydrogen-bond acceptors (Lipinski definition) is 5. The van der Waals surface area contributed by atoms with E-state index in [4.69, 9.17) is 10.8 Å². The molecule has 2 rings (SSSR count). The number of hydrogen-bond donors (Lipinski definition) is 4. The summed E-state index contributed by atoms with van der Waals surface area (Å²) in [6.07, 6.45) is 0.198. The minimum Gasteiger partial charge on any atom is -0.480 e. The fourth-order valence-corrected chi connectivity index (χ4v) is 2.67. The van der Waals surface area contributed by atoms with Gasteiger partial charge in [-0.1, -0.05) is 6.07 Å². The number of rotatable bonds is 9. The van der Waals surface area contributed by atoms with Crippen molar-refractivity contribution in [2.45, 2.75) is 31.4 Å². The largest absolute Gasteiger partial charge is 0.480 e. The van der Waals surface area contributed by atoms with E-state index in [0.29, 0.717) is 22.9 Å². The van der Waals surface area contributed by atoms with Gasteiger partial charge in [-0.25, -0.2) is 4.79 Å². The summed E-state index contributed by atoms with van der Waals surface area (Å²) in [4.78, 5) is 40.2. The molecule has 1 aromatic carbocycles. The Hall–Kier alpha value is -3.80. The number of H-pyrrole nitrogens is 1. The minimum absolute atomic E-state index is 0.0693. The molecule has 0 aliphatic carbocycles. The number of nitrogens with zero attached hydrogens (tertiary/aromatic N) is 3. The Balaban J connectivity index is 2.03. The van der Waals surface area contributed by atoms with Gasteiger partial charge in [0.25, 0.3) is 0 Å². The van der Waals surface area contributed by atoms with Gasteiger partial charge in [0.05, 0.1) is 11.6 Å². The number of benzene rings is 1. The van der Waals surface area contributed by atoms with E-state index in [-0.39, 0.29) is 19.3 Å². The predicted molar refractivity (Wildman–Crippen MR) is 96.2 cm³/mol. The van der Waals surface area contributed by atoms with E-state index in [1.54, 1.807) is 24.4 Å². The monoisotopic (exact) mass is 383 g/mol. The van der Waals surface area contributed by atoms with Crippen molar-refractivity contribution >= 4 is 34.8 Å². The number of aromatic nitrogens is 1. The van der Waals surface area contributed by atoms with Gasteiger partial charge in [0, 0.05) is 29.9 Å². The van der Waals surface area contributed by atoms with E-state index < -0.39 is 29.8 Å². The third-order valence-corrected chi connectivity index (χ3v) is 4.11. The van der Waals surface area contributed by atoms with Crippen molar-refractivity contribution in [3.63, 3.8) is 0 Å². The zero-order chi connectivity index (χ0) is 20.7. The van der Waals surface area contributed by atoms with Gasteiger partial charge >= 0.3 is 12.2 Å². The maximum atomic E-state index is 12.2. The first-order valence-corrected chi connectivity index (χ1v) is 8.27. The fraction of sp³-hybridized carbons (Fsp3) is 0.278. The zero-order valence-corrected chi connectivity index (χ0v) is 14.6. The van der Waals surface area contributed by atoms with Crippen molar-refractivity contribution in [1.82, 2.24) is 10.3 Å². The summed E-state index contributed by atoms with van der Waals surface area (Å²) >= 11 is 0. The second-order valence-electron chi connectivity index (χ2n) is 6.05. The van der Waals surface area contributed by atoms with E-state index in [0.717, 1.165) is 5.39 Å². The first kappa shape index (κ1) is 20.5. The number of ketones is 1. The van der Waals surface area contributed by atoms with Gasteiger partial charge in [0.2, 0.25) is 11.7 Å². The Morgan fingerprint density at radius 2 is 2.14 bits per heavy atom. The van der Waals surface area contributed by atoms with Crippen LogP contribution >= 0.6 is 0 Å². The average molecular weight is 383 g/mol. The topological polar surface area (TPSA) is 180 Å². The standard InChI is InChI=1S/C18H17N5O5/c19-7-10-1-3-13-11(8-21-15(13)5-10)6-16(25)17(26)23-14(18(27)28)4-2-12(24)9-22-20/h1,3,5,8-9,14,16,21,25H,2,4,6H2,(H,23,26)(H,27,28)/t14-,16-/m0/s1. The van der Waals surface area contributed by atoms with Gasteiger partial charge in [-0.3, -0.25) is 9.59 Å². The lowest BCUT2D eigenvalue weighted by atomic mass is 10.0. The number of aromatic amines is 1. The summed E-state index contributed by atoms with van der Waals surface area (Å²) in [6.45, 7) is 0. The Kier molecular flexibility index (Phi) is 6.76. The molecule has 0 saturated carbocycles. The molecule has 0 spiro atoms. The molecule has 0 radical (unpaired) electrons. The highest BCUT2D eigenvalue weighted by Crippen LogP contribution is 2.21. The minimum atomic E-state index is -1.51. The molecule has 0 bridgehead atoms. The Morgan fingerprint density at radius 3 is 2.79 bits per heavy atom. The van der Waals surface area contributed by atoms with Crippen molar-refractivity contribution in [3.05, 3.63) is 41.1 Å². The average Bonchev–Trinajstić information content (AvgIpc) is 3.06.